The van der Waals surface area contributed by atoms with E-state index in [4.69, 9.17) is 21.1 Å². The molecule has 1 aromatic carbocycles. The molecule has 2 amide bonds. The molecular formula is C20H26ClN3O4. The lowest BCUT2D eigenvalue weighted by Gasteiger charge is -2.36. The highest BCUT2D eigenvalue weighted by molar-refractivity contribution is 6.33. The normalized spacial score (nSPS) is 25.0. The number of halogens is 1. The molecule has 0 bridgehead atoms. The Balaban J connectivity index is 1.31. The molecule has 0 radical (unpaired) electrons. The van der Waals surface area contributed by atoms with Crippen LogP contribution in [0.25, 0.3) is 0 Å². The molecule has 0 saturated carbocycles. The van der Waals surface area contributed by atoms with E-state index in [9.17, 15) is 9.59 Å². The summed E-state index contributed by atoms with van der Waals surface area (Å²) in [5.41, 5.74) is 0.151. The van der Waals surface area contributed by atoms with Crippen LogP contribution in [0.4, 0.5) is 10.5 Å². The van der Waals surface area contributed by atoms with E-state index < -0.39 is 5.41 Å². The van der Waals surface area contributed by atoms with Crippen molar-refractivity contribution in [3.8, 4) is 0 Å². The number of para-hydroxylation sites is 1. The Morgan fingerprint density at radius 2 is 1.89 bits per heavy atom. The van der Waals surface area contributed by atoms with Gasteiger partial charge in [-0.3, -0.25) is 9.69 Å². The second kappa shape index (κ2) is 8.27. The number of benzene rings is 1. The first-order chi connectivity index (χ1) is 13.6. The lowest BCUT2D eigenvalue weighted by Crippen LogP contribution is -2.46. The van der Waals surface area contributed by atoms with Crippen molar-refractivity contribution in [2.75, 3.05) is 51.3 Å². The number of amides is 2. The second-order valence-electron chi connectivity index (χ2n) is 7.82. The minimum atomic E-state index is -0.446. The first kappa shape index (κ1) is 19.5. The number of likely N-dealkylation sites (tertiary alicyclic amines) is 1. The number of nitrogens with one attached hydrogen (secondary N) is 1. The molecule has 0 aromatic heterocycles. The molecule has 4 rings (SSSR count). The highest BCUT2D eigenvalue weighted by Crippen LogP contribution is 2.43. The van der Waals surface area contributed by atoms with Gasteiger partial charge in [0, 0.05) is 39.1 Å². The van der Waals surface area contributed by atoms with Gasteiger partial charge in [0.05, 0.1) is 29.3 Å². The van der Waals surface area contributed by atoms with Crippen molar-refractivity contribution < 1.29 is 19.1 Å². The van der Waals surface area contributed by atoms with E-state index in [0.717, 1.165) is 39.3 Å². The van der Waals surface area contributed by atoms with Crippen LogP contribution in [0.1, 0.15) is 19.3 Å². The van der Waals surface area contributed by atoms with Gasteiger partial charge in [-0.1, -0.05) is 23.7 Å². The van der Waals surface area contributed by atoms with Gasteiger partial charge in [0.25, 0.3) is 0 Å². The number of rotatable bonds is 3. The van der Waals surface area contributed by atoms with Crippen molar-refractivity contribution in [1.29, 1.82) is 0 Å². The Labute approximate surface area is 169 Å². The SMILES string of the molecule is O=C(Nc1ccccc1Cl)N1CCC2(CC1)CC(CN1CCOCC1)OC2=O. The summed E-state index contributed by atoms with van der Waals surface area (Å²) in [5.74, 6) is -0.100. The minimum absolute atomic E-state index is 0.0610. The molecule has 1 atom stereocenters. The van der Waals surface area contributed by atoms with Gasteiger partial charge in [-0.05, 0) is 25.0 Å². The molecule has 1 spiro atoms. The molecule has 1 unspecified atom stereocenters. The van der Waals surface area contributed by atoms with Crippen molar-refractivity contribution in [1.82, 2.24) is 9.80 Å². The Kier molecular flexibility index (Phi) is 5.75. The maximum atomic E-state index is 12.6. The zero-order valence-electron chi connectivity index (χ0n) is 15.9. The molecule has 0 aliphatic carbocycles. The van der Waals surface area contributed by atoms with Crippen LogP contribution < -0.4 is 5.32 Å². The fraction of sp³-hybridized carbons (Fsp3) is 0.600. The van der Waals surface area contributed by atoms with E-state index in [0.29, 0.717) is 36.6 Å². The van der Waals surface area contributed by atoms with Gasteiger partial charge in [0.1, 0.15) is 6.10 Å². The summed E-state index contributed by atoms with van der Waals surface area (Å²) in [4.78, 5) is 29.2. The number of urea groups is 1. The maximum Gasteiger partial charge on any atom is 0.321 e. The lowest BCUT2D eigenvalue weighted by atomic mass is 9.76. The van der Waals surface area contributed by atoms with Crippen LogP contribution in [-0.2, 0) is 14.3 Å². The summed E-state index contributed by atoms with van der Waals surface area (Å²) in [5, 5.41) is 3.36. The third-order valence-electron chi connectivity index (χ3n) is 6.01. The van der Waals surface area contributed by atoms with Crippen molar-refractivity contribution in [2.24, 2.45) is 5.41 Å². The van der Waals surface area contributed by atoms with Gasteiger partial charge in [0.15, 0.2) is 0 Å². The molecule has 1 aromatic rings. The van der Waals surface area contributed by atoms with Crippen LogP contribution in [-0.4, -0.2) is 73.8 Å². The van der Waals surface area contributed by atoms with Crippen molar-refractivity contribution >= 4 is 29.3 Å². The van der Waals surface area contributed by atoms with Crippen molar-refractivity contribution in [3.05, 3.63) is 29.3 Å². The summed E-state index contributed by atoms with van der Waals surface area (Å²) < 4.78 is 11.1. The number of ether oxygens (including phenoxy) is 2. The van der Waals surface area contributed by atoms with Gasteiger partial charge in [-0.2, -0.15) is 0 Å². The minimum Gasteiger partial charge on any atom is -0.461 e. The molecule has 3 aliphatic heterocycles. The molecule has 3 fully saturated rings. The molecule has 1 N–H and O–H groups in total. The van der Waals surface area contributed by atoms with Crippen LogP contribution in [0, 0.1) is 5.41 Å². The van der Waals surface area contributed by atoms with Gasteiger partial charge >= 0.3 is 12.0 Å². The van der Waals surface area contributed by atoms with Crippen LogP contribution in [0.5, 0.6) is 0 Å². The topological polar surface area (TPSA) is 71.1 Å². The first-order valence-electron chi connectivity index (χ1n) is 9.87. The number of anilines is 1. The van der Waals surface area contributed by atoms with Gasteiger partial charge < -0.3 is 19.7 Å². The third kappa shape index (κ3) is 4.11. The van der Waals surface area contributed by atoms with Crippen LogP contribution in [0.3, 0.4) is 0 Å². The number of cyclic esters (lactones) is 1. The van der Waals surface area contributed by atoms with Gasteiger partial charge in [-0.15, -0.1) is 0 Å². The van der Waals surface area contributed by atoms with Gasteiger partial charge in [-0.25, -0.2) is 4.79 Å². The number of carbonyl (C=O) groups is 2. The fourth-order valence-electron chi connectivity index (χ4n) is 4.31. The number of piperidine rings is 1. The number of hydrogen-bond donors (Lipinski definition) is 1. The summed E-state index contributed by atoms with van der Waals surface area (Å²) in [6, 6.07) is 6.98. The summed E-state index contributed by atoms with van der Waals surface area (Å²) in [6.07, 6.45) is 1.96. The Hall–Kier alpha value is -1.83. The van der Waals surface area contributed by atoms with E-state index in [1.807, 2.05) is 12.1 Å². The number of nitrogens with zero attached hydrogens (tertiary/aromatic N) is 2. The summed E-state index contributed by atoms with van der Waals surface area (Å²) in [7, 11) is 0. The third-order valence-corrected chi connectivity index (χ3v) is 6.34. The predicted molar refractivity (Wildman–Crippen MR) is 105 cm³/mol. The second-order valence-corrected chi connectivity index (χ2v) is 8.23. The fourth-order valence-corrected chi connectivity index (χ4v) is 4.50. The average Bonchev–Trinajstić information content (AvgIpc) is 2.99. The average molecular weight is 408 g/mol. The number of esters is 1. The Morgan fingerprint density at radius 3 is 2.61 bits per heavy atom. The monoisotopic (exact) mass is 407 g/mol. The number of morpholine rings is 1. The molecule has 3 aliphatic rings. The zero-order chi connectivity index (χ0) is 19.6. The maximum absolute atomic E-state index is 12.6. The number of carbonyl (C=O) groups excluding carboxylic acids is 2. The van der Waals surface area contributed by atoms with Crippen molar-refractivity contribution in [3.63, 3.8) is 0 Å². The van der Waals surface area contributed by atoms with E-state index in [1.165, 1.54) is 0 Å². The zero-order valence-corrected chi connectivity index (χ0v) is 16.6. The summed E-state index contributed by atoms with van der Waals surface area (Å²) in [6.45, 7) is 5.09. The highest BCUT2D eigenvalue weighted by Gasteiger charge is 2.51. The molecule has 28 heavy (non-hydrogen) atoms. The summed E-state index contributed by atoms with van der Waals surface area (Å²) >= 11 is 6.11. The van der Waals surface area contributed by atoms with E-state index >= 15 is 0 Å². The lowest BCUT2D eigenvalue weighted by molar-refractivity contribution is -0.151. The number of hydrogen-bond acceptors (Lipinski definition) is 5. The standard InChI is InChI=1S/C20H26ClN3O4/c21-16-3-1-2-4-17(16)22-19(26)24-7-5-20(6-8-24)13-15(28-18(20)25)14-23-9-11-27-12-10-23/h1-4,15H,5-14H2,(H,22,26). The molecule has 8 heteroatoms. The molecule has 152 valence electrons. The van der Waals surface area contributed by atoms with E-state index in [-0.39, 0.29) is 18.1 Å². The largest absolute Gasteiger partial charge is 0.461 e. The molecule has 3 heterocycles. The van der Waals surface area contributed by atoms with Gasteiger partial charge in [0.2, 0.25) is 0 Å². The molecule has 3 saturated heterocycles. The highest BCUT2D eigenvalue weighted by atomic mass is 35.5. The van der Waals surface area contributed by atoms with Crippen LogP contribution >= 0.6 is 11.6 Å². The van der Waals surface area contributed by atoms with Crippen LogP contribution in [0.15, 0.2) is 24.3 Å². The van der Waals surface area contributed by atoms with Crippen molar-refractivity contribution in [2.45, 2.75) is 25.4 Å². The Morgan fingerprint density at radius 1 is 1.18 bits per heavy atom. The van der Waals surface area contributed by atoms with E-state index in [1.54, 1.807) is 17.0 Å². The smallest absolute Gasteiger partial charge is 0.321 e. The van der Waals surface area contributed by atoms with Crippen LogP contribution in [0.2, 0.25) is 5.02 Å². The molecular weight excluding hydrogens is 382 g/mol. The quantitative estimate of drug-likeness (QED) is 0.780. The van der Waals surface area contributed by atoms with E-state index in [2.05, 4.69) is 10.2 Å². The molecule has 7 nitrogen and oxygen atoms in total. The Bertz CT molecular complexity index is 730. The predicted octanol–water partition coefficient (Wildman–Crippen LogP) is 2.60. The first-order valence-corrected chi connectivity index (χ1v) is 10.3.